The van der Waals surface area contributed by atoms with Gasteiger partial charge >= 0.3 is 6.03 Å². The molecule has 2 N–H and O–H groups in total. The summed E-state index contributed by atoms with van der Waals surface area (Å²) in [7, 11) is 1.55. The largest absolute Gasteiger partial charge is 0.497 e. The number of hydrogen-bond donors (Lipinski definition) is 2. The van der Waals surface area contributed by atoms with Crippen LogP contribution in [0.2, 0.25) is 0 Å². The van der Waals surface area contributed by atoms with Crippen LogP contribution in [0.5, 0.6) is 5.75 Å². The minimum absolute atomic E-state index is 0.00178. The van der Waals surface area contributed by atoms with Gasteiger partial charge in [-0.25, -0.2) is 13.9 Å². The summed E-state index contributed by atoms with van der Waals surface area (Å²) in [5, 5.41) is 5.72. The van der Waals surface area contributed by atoms with E-state index in [2.05, 4.69) is 10.4 Å². The quantitative estimate of drug-likeness (QED) is 0.285. The van der Waals surface area contributed by atoms with E-state index in [1.807, 2.05) is 31.2 Å². The number of nitrogens with one attached hydrogen (secondary N) is 2. The first-order chi connectivity index (χ1) is 18.3. The molecule has 1 aromatic heterocycles. The second kappa shape index (κ2) is 10.2. The molecule has 0 spiro atoms. The number of benzene rings is 3. The number of H-pyrrole nitrogens is 1. The summed E-state index contributed by atoms with van der Waals surface area (Å²) in [5.41, 5.74) is 3.44. The van der Waals surface area contributed by atoms with Gasteiger partial charge in [-0.2, -0.15) is 0 Å². The molecule has 0 aliphatic carbocycles. The van der Waals surface area contributed by atoms with E-state index in [1.54, 1.807) is 43.5 Å². The van der Waals surface area contributed by atoms with E-state index in [0.717, 1.165) is 21.6 Å². The Hall–Kier alpha value is -4.92. The van der Waals surface area contributed by atoms with Crippen molar-refractivity contribution >= 4 is 18.0 Å². The fraction of sp³-hybridized carbons (Fsp3) is 0.138. The predicted octanol–water partition coefficient (Wildman–Crippen LogP) is 4.31. The Morgan fingerprint density at radius 2 is 1.66 bits per heavy atom. The number of imide groups is 1. The average Bonchev–Trinajstić information content (AvgIpc) is 3.37. The van der Waals surface area contributed by atoms with Gasteiger partial charge in [-0.15, -0.1) is 0 Å². The van der Waals surface area contributed by atoms with Crippen LogP contribution in [-0.4, -0.2) is 33.7 Å². The summed E-state index contributed by atoms with van der Waals surface area (Å²) >= 11 is 0. The van der Waals surface area contributed by atoms with Crippen molar-refractivity contribution in [1.29, 1.82) is 0 Å². The highest BCUT2D eigenvalue weighted by atomic mass is 19.1. The SMILES string of the molecule is COc1ccc(-n2[nH]c(Cc3ccc(F)cc3)c(/C=C3\NC(=O)N(Cc4ccccc4C)C3=O)c2=O)cc1. The Labute approximate surface area is 218 Å². The number of nitrogens with zero attached hydrogens (tertiary/aromatic N) is 2. The van der Waals surface area contributed by atoms with Gasteiger partial charge in [-0.05, 0) is 66.1 Å². The van der Waals surface area contributed by atoms with Crippen LogP contribution in [0, 0.1) is 12.7 Å². The third kappa shape index (κ3) is 4.86. The number of amides is 3. The molecule has 0 atom stereocenters. The van der Waals surface area contributed by atoms with Crippen molar-refractivity contribution in [3.05, 3.63) is 123 Å². The molecule has 0 radical (unpaired) electrons. The van der Waals surface area contributed by atoms with Crippen LogP contribution in [0.3, 0.4) is 0 Å². The van der Waals surface area contributed by atoms with Crippen molar-refractivity contribution in [2.24, 2.45) is 0 Å². The summed E-state index contributed by atoms with van der Waals surface area (Å²) in [5.74, 6) is -0.258. The number of carbonyl (C=O) groups excluding carboxylic acids is 2. The number of aromatic nitrogens is 2. The monoisotopic (exact) mass is 512 g/mol. The number of halogens is 1. The summed E-state index contributed by atoms with van der Waals surface area (Å²) in [4.78, 5) is 40.6. The molecule has 8 nitrogen and oxygen atoms in total. The van der Waals surface area contributed by atoms with E-state index in [0.29, 0.717) is 17.1 Å². The van der Waals surface area contributed by atoms with Crippen molar-refractivity contribution in [2.45, 2.75) is 19.9 Å². The minimum atomic E-state index is -0.560. The number of urea groups is 1. The van der Waals surface area contributed by atoms with Crippen molar-refractivity contribution in [1.82, 2.24) is 20.0 Å². The van der Waals surface area contributed by atoms with Crippen molar-refractivity contribution in [3.63, 3.8) is 0 Å². The zero-order chi connectivity index (χ0) is 26.8. The molecule has 2 heterocycles. The normalized spacial score (nSPS) is 14.3. The van der Waals surface area contributed by atoms with Crippen molar-refractivity contribution < 1.29 is 18.7 Å². The standard InChI is InChI=1S/C29H25FN4O4/c1-18-5-3-4-6-20(18)17-33-28(36)26(31-29(33)37)16-24-25(15-19-7-9-21(30)10-8-19)32-34(27(24)35)22-11-13-23(38-2)14-12-22/h3-14,16,32H,15,17H2,1-2H3,(H,31,37)/b26-16-. The van der Waals surface area contributed by atoms with E-state index in [-0.39, 0.29) is 30.0 Å². The third-order valence-electron chi connectivity index (χ3n) is 6.47. The first-order valence-electron chi connectivity index (χ1n) is 12.0. The molecule has 0 bridgehead atoms. The lowest BCUT2D eigenvalue weighted by molar-refractivity contribution is -0.123. The van der Waals surface area contributed by atoms with Crippen LogP contribution in [0.1, 0.15) is 27.9 Å². The zero-order valence-corrected chi connectivity index (χ0v) is 20.8. The van der Waals surface area contributed by atoms with Crippen LogP contribution in [0.4, 0.5) is 9.18 Å². The van der Waals surface area contributed by atoms with Crippen molar-refractivity contribution in [3.8, 4) is 11.4 Å². The zero-order valence-electron chi connectivity index (χ0n) is 20.8. The molecule has 38 heavy (non-hydrogen) atoms. The van der Waals surface area contributed by atoms with Gasteiger partial charge in [-0.1, -0.05) is 36.4 Å². The maximum atomic E-state index is 13.5. The van der Waals surface area contributed by atoms with Crippen LogP contribution in [0.25, 0.3) is 11.8 Å². The summed E-state index contributed by atoms with van der Waals surface area (Å²) in [6.45, 7) is 2.02. The second-order valence-corrected chi connectivity index (χ2v) is 8.95. The topological polar surface area (TPSA) is 96.4 Å². The molecule has 1 fully saturated rings. The van der Waals surface area contributed by atoms with Crippen LogP contribution in [-0.2, 0) is 17.8 Å². The molecule has 1 saturated heterocycles. The van der Waals surface area contributed by atoms with Crippen molar-refractivity contribution in [2.75, 3.05) is 7.11 Å². The molecule has 3 amide bonds. The highest BCUT2D eigenvalue weighted by Crippen LogP contribution is 2.21. The van der Waals surface area contributed by atoms with Crippen LogP contribution < -0.4 is 15.6 Å². The fourth-order valence-electron chi connectivity index (χ4n) is 4.32. The minimum Gasteiger partial charge on any atom is -0.497 e. The lowest BCUT2D eigenvalue weighted by Gasteiger charge is -2.13. The van der Waals surface area contributed by atoms with E-state index in [9.17, 15) is 18.8 Å². The summed E-state index contributed by atoms with van der Waals surface area (Å²) < 4.78 is 20.0. The van der Waals surface area contributed by atoms with Gasteiger partial charge in [0.25, 0.3) is 11.5 Å². The molecule has 0 unspecified atom stereocenters. The molecule has 1 aliphatic rings. The Morgan fingerprint density at radius 3 is 2.34 bits per heavy atom. The number of methoxy groups -OCH3 is 1. The lowest BCUT2D eigenvalue weighted by atomic mass is 10.1. The number of rotatable bonds is 7. The van der Waals surface area contributed by atoms with E-state index in [1.165, 1.54) is 22.9 Å². The average molecular weight is 513 g/mol. The van der Waals surface area contributed by atoms with Gasteiger partial charge in [0.05, 0.1) is 24.9 Å². The maximum absolute atomic E-state index is 13.5. The Balaban J connectivity index is 1.53. The number of hydrogen-bond acceptors (Lipinski definition) is 4. The van der Waals surface area contributed by atoms with Gasteiger partial charge in [0.2, 0.25) is 0 Å². The smallest absolute Gasteiger partial charge is 0.329 e. The predicted molar refractivity (Wildman–Crippen MR) is 140 cm³/mol. The summed E-state index contributed by atoms with van der Waals surface area (Å²) in [6.07, 6.45) is 1.67. The fourth-order valence-corrected chi connectivity index (χ4v) is 4.32. The highest BCUT2D eigenvalue weighted by Gasteiger charge is 2.34. The molecule has 0 saturated carbocycles. The van der Waals surface area contributed by atoms with E-state index < -0.39 is 17.5 Å². The number of aryl methyl sites for hydroxylation is 1. The maximum Gasteiger partial charge on any atom is 0.329 e. The highest BCUT2D eigenvalue weighted by molar-refractivity contribution is 6.13. The van der Waals surface area contributed by atoms with Gasteiger partial charge in [0.15, 0.2) is 0 Å². The molecule has 3 aromatic carbocycles. The number of ether oxygens (including phenoxy) is 1. The molecular weight excluding hydrogens is 487 g/mol. The van der Waals surface area contributed by atoms with Gasteiger partial charge in [0.1, 0.15) is 17.3 Å². The summed E-state index contributed by atoms with van der Waals surface area (Å²) in [6, 6.07) is 19.8. The second-order valence-electron chi connectivity index (χ2n) is 8.95. The number of aromatic amines is 1. The molecule has 1 aliphatic heterocycles. The molecule has 4 aromatic rings. The van der Waals surface area contributed by atoms with Gasteiger partial charge in [-0.3, -0.25) is 19.6 Å². The van der Waals surface area contributed by atoms with E-state index in [4.69, 9.17) is 4.74 Å². The first kappa shape index (κ1) is 24.8. The molecule has 9 heteroatoms. The molecule has 192 valence electrons. The first-order valence-corrected chi connectivity index (χ1v) is 12.0. The van der Waals surface area contributed by atoms with Crippen LogP contribution in [0.15, 0.2) is 83.3 Å². The van der Waals surface area contributed by atoms with E-state index >= 15 is 0 Å². The van der Waals surface area contributed by atoms with Gasteiger partial charge in [0, 0.05) is 12.1 Å². The Kier molecular flexibility index (Phi) is 6.66. The molecular formula is C29H25FN4O4. The van der Waals surface area contributed by atoms with Crippen LogP contribution >= 0.6 is 0 Å². The number of carbonyl (C=O) groups is 2. The van der Waals surface area contributed by atoms with Gasteiger partial charge < -0.3 is 10.1 Å². The lowest BCUT2D eigenvalue weighted by Crippen LogP contribution is -2.30. The third-order valence-corrected chi connectivity index (χ3v) is 6.47. The Morgan fingerprint density at radius 1 is 0.947 bits per heavy atom. The Bertz CT molecular complexity index is 1600. The molecule has 5 rings (SSSR count).